The molecule has 0 bridgehead atoms. The van der Waals surface area contributed by atoms with Crippen molar-refractivity contribution in [3.8, 4) is 0 Å². The molecule has 1 aromatic rings. The van der Waals surface area contributed by atoms with Crippen LogP contribution < -0.4 is 5.32 Å². The molecule has 0 unspecified atom stereocenters. The van der Waals surface area contributed by atoms with E-state index in [1.54, 1.807) is 0 Å². The molecule has 1 aromatic carbocycles. The molecule has 3 rings (SSSR count). The molecule has 2 heteroatoms. The minimum atomic E-state index is 0.262. The van der Waals surface area contributed by atoms with E-state index in [0.717, 1.165) is 6.42 Å². The fourth-order valence-corrected chi connectivity index (χ4v) is 3.08. The molecule has 0 saturated carbocycles. The van der Waals surface area contributed by atoms with E-state index < -0.39 is 0 Å². The zero-order valence-electron chi connectivity index (χ0n) is 10.5. The van der Waals surface area contributed by atoms with Crippen molar-refractivity contribution in [2.45, 2.75) is 24.8 Å². The van der Waals surface area contributed by atoms with Gasteiger partial charge in [-0.1, -0.05) is 24.8 Å². The average molecular weight is 228 g/mol. The zero-order valence-corrected chi connectivity index (χ0v) is 10.5. The second-order valence-electron chi connectivity index (χ2n) is 5.53. The van der Waals surface area contributed by atoms with Crippen molar-refractivity contribution in [3.63, 3.8) is 0 Å². The van der Waals surface area contributed by atoms with Crippen molar-refractivity contribution >= 4 is 11.3 Å². The fraction of sp³-hybridized carbons (Fsp3) is 0.467. The molecule has 17 heavy (non-hydrogen) atoms. The van der Waals surface area contributed by atoms with Crippen LogP contribution in [-0.4, -0.2) is 30.6 Å². The Balaban J connectivity index is 1.91. The van der Waals surface area contributed by atoms with E-state index in [1.807, 2.05) is 0 Å². The highest BCUT2D eigenvalue weighted by atomic mass is 15.1. The van der Waals surface area contributed by atoms with Crippen LogP contribution in [0.4, 0.5) is 5.69 Å². The monoisotopic (exact) mass is 228 g/mol. The molecule has 0 atom stereocenters. The van der Waals surface area contributed by atoms with Gasteiger partial charge in [0, 0.05) is 29.9 Å². The molecule has 2 heterocycles. The number of rotatable bonds is 0. The Labute approximate surface area is 103 Å². The van der Waals surface area contributed by atoms with Gasteiger partial charge in [0.15, 0.2) is 0 Å². The van der Waals surface area contributed by atoms with Gasteiger partial charge in [0.1, 0.15) is 0 Å². The van der Waals surface area contributed by atoms with Gasteiger partial charge in [0.2, 0.25) is 0 Å². The summed E-state index contributed by atoms with van der Waals surface area (Å²) in [5.74, 6) is 0. The number of likely N-dealkylation sites (tertiary alicyclic amines) is 1. The molecule has 1 fully saturated rings. The van der Waals surface area contributed by atoms with Crippen LogP contribution in [0.5, 0.6) is 0 Å². The molecule has 2 aliphatic heterocycles. The van der Waals surface area contributed by atoms with Crippen LogP contribution in [0.3, 0.4) is 0 Å². The molecular weight excluding hydrogens is 208 g/mol. The molecule has 2 aliphatic rings. The van der Waals surface area contributed by atoms with E-state index in [0.29, 0.717) is 0 Å². The van der Waals surface area contributed by atoms with Crippen LogP contribution in [0.2, 0.25) is 0 Å². The molecule has 0 aliphatic carbocycles. The van der Waals surface area contributed by atoms with Crippen molar-refractivity contribution in [2.75, 3.05) is 25.5 Å². The largest absolute Gasteiger partial charge is 0.379 e. The van der Waals surface area contributed by atoms with Gasteiger partial charge in [0.05, 0.1) is 0 Å². The van der Waals surface area contributed by atoms with E-state index in [9.17, 15) is 0 Å². The number of hydrogen-bond acceptors (Lipinski definition) is 2. The summed E-state index contributed by atoms with van der Waals surface area (Å²) < 4.78 is 0. The first-order valence-electron chi connectivity index (χ1n) is 6.42. The van der Waals surface area contributed by atoms with Gasteiger partial charge in [0.25, 0.3) is 0 Å². The van der Waals surface area contributed by atoms with Gasteiger partial charge in [-0.15, -0.1) is 0 Å². The lowest BCUT2D eigenvalue weighted by atomic mass is 9.77. The molecule has 1 N–H and O–H groups in total. The summed E-state index contributed by atoms with van der Waals surface area (Å²) in [7, 11) is 2.21. The summed E-state index contributed by atoms with van der Waals surface area (Å²) in [5.41, 5.74) is 4.13. The summed E-state index contributed by atoms with van der Waals surface area (Å²) in [6.45, 7) is 6.64. The number of nitrogens with zero attached hydrogens (tertiary/aromatic N) is 1. The summed E-state index contributed by atoms with van der Waals surface area (Å²) in [6, 6.07) is 8.55. The van der Waals surface area contributed by atoms with Crippen LogP contribution in [0, 0.1) is 0 Å². The van der Waals surface area contributed by atoms with Crippen LogP contribution >= 0.6 is 0 Å². The Morgan fingerprint density at radius 3 is 2.71 bits per heavy atom. The third kappa shape index (κ3) is 1.87. The number of para-hydroxylation sites is 1. The van der Waals surface area contributed by atoms with Gasteiger partial charge in [-0.3, -0.25) is 0 Å². The first-order chi connectivity index (χ1) is 8.19. The van der Waals surface area contributed by atoms with Crippen molar-refractivity contribution in [3.05, 3.63) is 36.4 Å². The smallest absolute Gasteiger partial charge is 0.0438 e. The highest BCUT2D eigenvalue weighted by molar-refractivity contribution is 5.79. The third-order valence-electron chi connectivity index (χ3n) is 4.20. The molecule has 0 amide bonds. The third-order valence-corrected chi connectivity index (χ3v) is 4.20. The van der Waals surface area contributed by atoms with Crippen LogP contribution in [0.1, 0.15) is 24.8 Å². The maximum absolute atomic E-state index is 4.27. The number of anilines is 1. The lowest BCUT2D eigenvalue weighted by Gasteiger charge is -2.45. The minimum absolute atomic E-state index is 0.262. The summed E-state index contributed by atoms with van der Waals surface area (Å²) in [4.78, 5) is 2.41. The lowest BCUT2D eigenvalue weighted by molar-refractivity contribution is 0.206. The number of benzene rings is 1. The Hall–Kier alpha value is -1.28. The number of hydrogen-bond donors (Lipinski definition) is 1. The minimum Gasteiger partial charge on any atom is -0.379 e. The van der Waals surface area contributed by atoms with Crippen molar-refractivity contribution < 1.29 is 0 Å². The Morgan fingerprint density at radius 1 is 1.24 bits per heavy atom. The first kappa shape index (κ1) is 10.8. The normalized spacial score (nSPS) is 23.2. The highest BCUT2D eigenvalue weighted by Crippen LogP contribution is 2.41. The van der Waals surface area contributed by atoms with Gasteiger partial charge in [-0.25, -0.2) is 0 Å². The number of piperidine rings is 1. The molecule has 1 saturated heterocycles. The lowest BCUT2D eigenvalue weighted by Crippen LogP contribution is -2.49. The predicted octanol–water partition coefficient (Wildman–Crippen LogP) is 2.98. The second kappa shape index (κ2) is 3.88. The van der Waals surface area contributed by atoms with Crippen molar-refractivity contribution in [1.29, 1.82) is 0 Å². The summed E-state index contributed by atoms with van der Waals surface area (Å²) in [6.07, 6.45) is 3.53. The van der Waals surface area contributed by atoms with Crippen LogP contribution in [0.15, 0.2) is 30.8 Å². The molecule has 1 spiro atoms. The van der Waals surface area contributed by atoms with Crippen molar-refractivity contribution in [1.82, 2.24) is 4.90 Å². The Bertz CT molecular complexity index is 442. The standard InChI is InChI=1S/C15H20N2/c1-12-11-15(7-9-17(2)10-8-15)16-14-6-4-3-5-13(12)14/h3-6,16H,1,7-11H2,2H3. The zero-order chi connectivity index (χ0) is 11.9. The molecule has 0 radical (unpaired) electrons. The van der Waals surface area contributed by atoms with E-state index in [1.165, 1.54) is 42.8 Å². The van der Waals surface area contributed by atoms with E-state index in [4.69, 9.17) is 0 Å². The maximum Gasteiger partial charge on any atom is 0.0438 e. The molecule has 0 aromatic heterocycles. The van der Waals surface area contributed by atoms with Gasteiger partial charge in [-0.05, 0) is 37.9 Å². The summed E-state index contributed by atoms with van der Waals surface area (Å²) in [5, 5.41) is 3.78. The number of fused-ring (bicyclic) bond motifs is 1. The van der Waals surface area contributed by atoms with Gasteiger partial charge < -0.3 is 10.2 Å². The SMILES string of the molecule is C=C1CC2(CCN(C)CC2)Nc2ccccc21. The maximum atomic E-state index is 4.27. The Morgan fingerprint density at radius 2 is 1.94 bits per heavy atom. The fourth-order valence-electron chi connectivity index (χ4n) is 3.08. The second-order valence-corrected chi connectivity index (χ2v) is 5.53. The van der Waals surface area contributed by atoms with Crippen LogP contribution in [-0.2, 0) is 0 Å². The van der Waals surface area contributed by atoms with E-state index in [-0.39, 0.29) is 5.54 Å². The van der Waals surface area contributed by atoms with E-state index >= 15 is 0 Å². The van der Waals surface area contributed by atoms with Gasteiger partial charge >= 0.3 is 0 Å². The highest BCUT2D eigenvalue weighted by Gasteiger charge is 2.37. The van der Waals surface area contributed by atoms with E-state index in [2.05, 4.69) is 48.1 Å². The quantitative estimate of drug-likeness (QED) is 0.734. The number of nitrogens with one attached hydrogen (secondary N) is 1. The predicted molar refractivity (Wildman–Crippen MR) is 73.2 cm³/mol. The average Bonchev–Trinajstić information content (AvgIpc) is 2.34. The Kier molecular flexibility index (Phi) is 2.48. The molecular formula is C15H20N2. The first-order valence-corrected chi connectivity index (χ1v) is 6.42. The summed E-state index contributed by atoms with van der Waals surface area (Å²) >= 11 is 0. The molecule has 2 nitrogen and oxygen atoms in total. The topological polar surface area (TPSA) is 15.3 Å². The van der Waals surface area contributed by atoms with Crippen LogP contribution in [0.25, 0.3) is 5.57 Å². The van der Waals surface area contributed by atoms with Gasteiger partial charge in [-0.2, -0.15) is 0 Å². The molecule has 90 valence electrons. The van der Waals surface area contributed by atoms with Crippen molar-refractivity contribution in [2.24, 2.45) is 0 Å².